The van der Waals surface area contributed by atoms with Crippen molar-refractivity contribution in [3.63, 3.8) is 0 Å². The molecule has 1 amide bonds. The van der Waals surface area contributed by atoms with Crippen molar-refractivity contribution in [2.24, 2.45) is 5.73 Å². The number of hydrogen-bond acceptors (Lipinski definition) is 4. The number of fused-ring (bicyclic) bond motifs is 1. The average Bonchev–Trinajstić information content (AvgIpc) is 2.62. The van der Waals surface area contributed by atoms with Gasteiger partial charge in [0.15, 0.2) is 0 Å². The van der Waals surface area contributed by atoms with Gasteiger partial charge in [0.2, 0.25) is 0 Å². The van der Waals surface area contributed by atoms with Gasteiger partial charge >= 0.3 is 0 Å². The normalized spacial score (nSPS) is 10.6. The number of amides is 1. The second kappa shape index (κ2) is 3.46. The highest BCUT2D eigenvalue weighted by Gasteiger charge is 2.16. The van der Waals surface area contributed by atoms with E-state index in [1.165, 1.54) is 23.0 Å². The number of halogens is 1. The summed E-state index contributed by atoms with van der Waals surface area (Å²) in [6.45, 7) is 0. The van der Waals surface area contributed by atoms with Crippen molar-refractivity contribution in [2.75, 3.05) is 0 Å². The van der Waals surface area contributed by atoms with Crippen molar-refractivity contribution in [2.45, 2.75) is 0 Å². The summed E-state index contributed by atoms with van der Waals surface area (Å²) in [6.07, 6.45) is 2.37. The summed E-state index contributed by atoms with van der Waals surface area (Å²) >= 11 is 5.87. The molecule has 0 aliphatic carbocycles. The number of nitrogens with zero attached hydrogens (tertiary/aromatic N) is 3. The molecule has 82 valence electrons. The molecule has 0 aliphatic rings. The van der Waals surface area contributed by atoms with E-state index in [4.69, 9.17) is 17.3 Å². The number of hydrogen-bond donors (Lipinski definition) is 1. The lowest BCUT2D eigenvalue weighted by molar-refractivity contribution is -0.384. The highest BCUT2D eigenvalue weighted by Crippen LogP contribution is 2.25. The fraction of sp³-hybridized carbons (Fsp3) is 0. The Morgan fingerprint density at radius 3 is 2.88 bits per heavy atom. The summed E-state index contributed by atoms with van der Waals surface area (Å²) in [4.78, 5) is 20.9. The molecule has 0 aromatic carbocycles. The van der Waals surface area contributed by atoms with Crippen LogP contribution in [-0.2, 0) is 0 Å². The molecule has 0 saturated heterocycles. The van der Waals surface area contributed by atoms with Crippen molar-refractivity contribution < 1.29 is 9.72 Å². The maximum absolute atomic E-state index is 11.0. The second-order valence-corrected chi connectivity index (χ2v) is 3.40. The van der Waals surface area contributed by atoms with Crippen molar-refractivity contribution >= 4 is 28.7 Å². The molecule has 0 atom stereocenters. The van der Waals surface area contributed by atoms with E-state index in [9.17, 15) is 14.9 Å². The zero-order chi connectivity index (χ0) is 11.9. The predicted molar refractivity (Wildman–Crippen MR) is 55.4 cm³/mol. The molecule has 2 aromatic rings. The Labute approximate surface area is 93.6 Å². The fourth-order valence-electron chi connectivity index (χ4n) is 1.28. The van der Waals surface area contributed by atoms with Gasteiger partial charge in [-0.3, -0.25) is 14.9 Å². The molecule has 16 heavy (non-hydrogen) atoms. The Morgan fingerprint density at radius 1 is 1.62 bits per heavy atom. The van der Waals surface area contributed by atoms with Crippen molar-refractivity contribution in [1.82, 2.24) is 9.61 Å². The largest absolute Gasteiger partial charge is 0.366 e. The number of nitro groups is 1. The van der Waals surface area contributed by atoms with Crippen LogP contribution in [0.3, 0.4) is 0 Å². The van der Waals surface area contributed by atoms with Crippen molar-refractivity contribution in [3.8, 4) is 0 Å². The maximum atomic E-state index is 11.0. The minimum absolute atomic E-state index is 0.0298. The topological polar surface area (TPSA) is 104 Å². The van der Waals surface area contributed by atoms with Gasteiger partial charge in [-0.2, -0.15) is 5.10 Å². The summed E-state index contributed by atoms with van der Waals surface area (Å²) in [7, 11) is 0. The van der Waals surface area contributed by atoms with Crippen LogP contribution in [0.15, 0.2) is 18.5 Å². The number of aromatic nitrogens is 2. The van der Waals surface area contributed by atoms with Gasteiger partial charge in [0.1, 0.15) is 6.20 Å². The van der Waals surface area contributed by atoms with Gasteiger partial charge < -0.3 is 5.73 Å². The molecule has 0 fully saturated rings. The number of carbonyl (C=O) groups excluding carboxylic acids is 1. The van der Waals surface area contributed by atoms with E-state index in [0.717, 1.165) is 0 Å². The first kappa shape index (κ1) is 10.4. The SMILES string of the molecule is NC(=O)c1cnn2cc([N+](=O)[O-])cc2c1Cl. The average molecular weight is 241 g/mol. The van der Waals surface area contributed by atoms with E-state index in [0.29, 0.717) is 0 Å². The summed E-state index contributed by atoms with van der Waals surface area (Å²) in [6, 6.07) is 1.22. The smallest absolute Gasteiger partial charge is 0.289 e. The molecule has 7 nitrogen and oxygen atoms in total. The number of nitrogens with two attached hydrogens (primary N) is 1. The maximum Gasteiger partial charge on any atom is 0.289 e. The lowest BCUT2D eigenvalue weighted by Crippen LogP contribution is -2.13. The van der Waals surface area contributed by atoms with E-state index in [-0.39, 0.29) is 21.8 Å². The van der Waals surface area contributed by atoms with E-state index in [1.54, 1.807) is 0 Å². The standard InChI is InChI=1S/C8H5ClN4O3/c9-7-5(8(10)14)2-11-12-3-4(13(15)16)1-6(7)12/h1-3H,(H2,10,14). The Morgan fingerprint density at radius 2 is 2.31 bits per heavy atom. The minimum atomic E-state index is -0.733. The first-order valence-corrected chi connectivity index (χ1v) is 4.49. The molecule has 8 heteroatoms. The van der Waals surface area contributed by atoms with Crippen LogP contribution in [0.5, 0.6) is 0 Å². The molecule has 2 N–H and O–H groups in total. The first-order valence-electron chi connectivity index (χ1n) is 4.12. The molecular weight excluding hydrogens is 236 g/mol. The zero-order valence-electron chi connectivity index (χ0n) is 7.75. The molecule has 0 bridgehead atoms. The number of rotatable bonds is 2. The van der Waals surface area contributed by atoms with E-state index >= 15 is 0 Å². The Balaban J connectivity index is 2.74. The van der Waals surface area contributed by atoms with Gasteiger partial charge in [0, 0.05) is 6.07 Å². The van der Waals surface area contributed by atoms with Gasteiger partial charge in [-0.25, -0.2) is 4.52 Å². The molecule has 2 aromatic heterocycles. The predicted octanol–water partition coefficient (Wildman–Crippen LogP) is 0.995. The van der Waals surface area contributed by atoms with E-state index in [2.05, 4.69) is 5.10 Å². The van der Waals surface area contributed by atoms with Crippen LogP contribution >= 0.6 is 11.6 Å². The molecule has 0 spiro atoms. The van der Waals surface area contributed by atoms with Crippen LogP contribution in [0, 0.1) is 10.1 Å². The third kappa shape index (κ3) is 1.47. The first-order chi connectivity index (χ1) is 7.50. The summed E-state index contributed by atoms with van der Waals surface area (Å²) in [5.41, 5.74) is 5.21. The third-order valence-corrected chi connectivity index (χ3v) is 2.43. The Kier molecular flexibility index (Phi) is 2.24. The lowest BCUT2D eigenvalue weighted by atomic mass is 10.2. The molecule has 2 heterocycles. The fourth-order valence-corrected chi connectivity index (χ4v) is 1.57. The monoisotopic (exact) mass is 240 g/mol. The van der Waals surface area contributed by atoms with Gasteiger partial charge in [-0.1, -0.05) is 11.6 Å². The van der Waals surface area contributed by atoms with Crippen molar-refractivity contribution in [1.29, 1.82) is 0 Å². The summed E-state index contributed by atoms with van der Waals surface area (Å²) in [5.74, 6) is -0.733. The van der Waals surface area contributed by atoms with Crippen LogP contribution in [0.2, 0.25) is 5.02 Å². The summed E-state index contributed by atoms with van der Waals surface area (Å²) in [5, 5.41) is 14.4. The van der Waals surface area contributed by atoms with Gasteiger partial charge in [-0.05, 0) is 0 Å². The zero-order valence-corrected chi connectivity index (χ0v) is 8.51. The lowest BCUT2D eigenvalue weighted by Gasteiger charge is -2.00. The summed E-state index contributed by atoms with van der Waals surface area (Å²) < 4.78 is 1.22. The molecule has 2 rings (SSSR count). The minimum Gasteiger partial charge on any atom is -0.366 e. The van der Waals surface area contributed by atoms with Crippen LogP contribution in [0.4, 0.5) is 5.69 Å². The number of primary amides is 1. The molecule has 0 aliphatic heterocycles. The van der Waals surface area contributed by atoms with Crippen LogP contribution < -0.4 is 5.73 Å². The van der Waals surface area contributed by atoms with E-state index < -0.39 is 10.8 Å². The molecule has 0 saturated carbocycles. The van der Waals surface area contributed by atoms with Gasteiger partial charge in [0.25, 0.3) is 11.6 Å². The molecule has 0 radical (unpaired) electrons. The van der Waals surface area contributed by atoms with Gasteiger partial charge in [-0.15, -0.1) is 0 Å². The van der Waals surface area contributed by atoms with Gasteiger partial charge in [0.05, 0.1) is 27.2 Å². The van der Waals surface area contributed by atoms with E-state index in [1.807, 2.05) is 0 Å². The van der Waals surface area contributed by atoms with Crippen LogP contribution in [0.1, 0.15) is 10.4 Å². The second-order valence-electron chi connectivity index (χ2n) is 3.02. The molecule has 0 unspecified atom stereocenters. The highest BCUT2D eigenvalue weighted by atomic mass is 35.5. The van der Waals surface area contributed by atoms with Crippen molar-refractivity contribution in [3.05, 3.63) is 39.2 Å². The third-order valence-electron chi connectivity index (χ3n) is 2.03. The highest BCUT2D eigenvalue weighted by molar-refractivity contribution is 6.36. The number of carbonyl (C=O) groups is 1. The van der Waals surface area contributed by atoms with Crippen LogP contribution in [0.25, 0.3) is 5.52 Å². The Bertz CT molecular complexity index is 607. The molecular formula is C8H5ClN4O3. The quantitative estimate of drug-likeness (QED) is 0.624. The van der Waals surface area contributed by atoms with Crippen LogP contribution in [-0.4, -0.2) is 20.4 Å². The Hall–Kier alpha value is -2.15.